The molecule has 1 atom stereocenters. The van der Waals surface area contributed by atoms with E-state index in [0.29, 0.717) is 0 Å². The molecule has 0 radical (unpaired) electrons. The number of urea groups is 1. The zero-order valence-electron chi connectivity index (χ0n) is 13.8. The standard InChI is InChI=1S/C16H26N6O/c1-20-7-3-9-21(11-10-20)16(23)19-14-4-2-8-22(13-14)15-12-17-5-6-18-15/h5-6,12,14H,2-4,7-11,13H2,1H3,(H,19,23). The smallest absolute Gasteiger partial charge is 0.317 e. The van der Waals surface area contributed by atoms with E-state index in [0.717, 1.165) is 64.3 Å². The van der Waals surface area contributed by atoms with Crippen molar-refractivity contribution in [3.8, 4) is 0 Å². The van der Waals surface area contributed by atoms with Crippen LogP contribution >= 0.6 is 0 Å². The Morgan fingerprint density at radius 1 is 1.17 bits per heavy atom. The summed E-state index contributed by atoms with van der Waals surface area (Å²) in [6.45, 7) is 5.44. The van der Waals surface area contributed by atoms with Gasteiger partial charge in [-0.2, -0.15) is 0 Å². The summed E-state index contributed by atoms with van der Waals surface area (Å²) in [5, 5.41) is 3.21. The Morgan fingerprint density at radius 3 is 2.91 bits per heavy atom. The van der Waals surface area contributed by atoms with Gasteiger partial charge in [0.25, 0.3) is 0 Å². The van der Waals surface area contributed by atoms with Gasteiger partial charge < -0.3 is 20.0 Å². The van der Waals surface area contributed by atoms with E-state index in [1.54, 1.807) is 18.6 Å². The van der Waals surface area contributed by atoms with Gasteiger partial charge >= 0.3 is 6.03 Å². The van der Waals surface area contributed by atoms with E-state index in [4.69, 9.17) is 0 Å². The maximum atomic E-state index is 12.5. The molecule has 1 unspecified atom stereocenters. The summed E-state index contributed by atoms with van der Waals surface area (Å²) in [4.78, 5) is 27.4. The van der Waals surface area contributed by atoms with E-state index in [2.05, 4.69) is 32.1 Å². The van der Waals surface area contributed by atoms with Crippen molar-refractivity contribution in [2.75, 3.05) is 51.2 Å². The maximum absolute atomic E-state index is 12.5. The van der Waals surface area contributed by atoms with Gasteiger partial charge in [0.2, 0.25) is 0 Å². The van der Waals surface area contributed by atoms with Crippen molar-refractivity contribution < 1.29 is 4.79 Å². The highest BCUT2D eigenvalue weighted by Crippen LogP contribution is 2.16. The van der Waals surface area contributed by atoms with Crippen molar-refractivity contribution in [3.05, 3.63) is 18.6 Å². The molecule has 7 heteroatoms. The van der Waals surface area contributed by atoms with Gasteiger partial charge in [0.05, 0.1) is 6.20 Å². The van der Waals surface area contributed by atoms with E-state index in [1.807, 2.05) is 4.90 Å². The number of anilines is 1. The number of piperidine rings is 1. The van der Waals surface area contributed by atoms with Crippen molar-refractivity contribution in [1.82, 2.24) is 25.1 Å². The van der Waals surface area contributed by atoms with Crippen LogP contribution in [0.15, 0.2) is 18.6 Å². The normalized spacial score (nSPS) is 23.4. The minimum absolute atomic E-state index is 0.0753. The molecule has 2 fully saturated rings. The second-order valence-electron chi connectivity index (χ2n) is 6.44. The Hall–Kier alpha value is -1.89. The summed E-state index contributed by atoms with van der Waals surface area (Å²) >= 11 is 0. The highest BCUT2D eigenvalue weighted by atomic mass is 16.2. The second kappa shape index (κ2) is 7.59. The quantitative estimate of drug-likeness (QED) is 0.873. The molecule has 1 aromatic heterocycles. The second-order valence-corrected chi connectivity index (χ2v) is 6.44. The van der Waals surface area contributed by atoms with Gasteiger partial charge in [0, 0.05) is 51.2 Å². The lowest BCUT2D eigenvalue weighted by Crippen LogP contribution is -2.52. The minimum Gasteiger partial charge on any atom is -0.353 e. The molecule has 3 heterocycles. The highest BCUT2D eigenvalue weighted by Gasteiger charge is 2.25. The summed E-state index contributed by atoms with van der Waals surface area (Å²) in [6, 6.07) is 0.255. The summed E-state index contributed by atoms with van der Waals surface area (Å²) < 4.78 is 0. The van der Waals surface area contributed by atoms with Crippen molar-refractivity contribution in [1.29, 1.82) is 0 Å². The van der Waals surface area contributed by atoms with Crippen LogP contribution in [0.1, 0.15) is 19.3 Å². The van der Waals surface area contributed by atoms with Crippen LogP contribution in [0, 0.1) is 0 Å². The van der Waals surface area contributed by atoms with Gasteiger partial charge in [-0.3, -0.25) is 4.98 Å². The molecule has 0 bridgehead atoms. The van der Waals surface area contributed by atoms with E-state index in [-0.39, 0.29) is 12.1 Å². The molecule has 7 nitrogen and oxygen atoms in total. The molecule has 0 saturated carbocycles. The van der Waals surface area contributed by atoms with Gasteiger partial charge in [0.1, 0.15) is 5.82 Å². The molecule has 0 aromatic carbocycles. The number of nitrogens with zero attached hydrogens (tertiary/aromatic N) is 5. The molecule has 23 heavy (non-hydrogen) atoms. The molecule has 0 aliphatic carbocycles. The van der Waals surface area contributed by atoms with Crippen LogP contribution < -0.4 is 10.2 Å². The number of hydrogen-bond donors (Lipinski definition) is 1. The van der Waals surface area contributed by atoms with Gasteiger partial charge in [-0.15, -0.1) is 0 Å². The number of amides is 2. The molecular formula is C16H26N6O. The number of rotatable bonds is 2. The molecule has 1 N–H and O–H groups in total. The number of carbonyl (C=O) groups is 1. The molecule has 126 valence electrons. The van der Waals surface area contributed by atoms with Crippen LogP contribution in [0.2, 0.25) is 0 Å². The third kappa shape index (κ3) is 4.31. The monoisotopic (exact) mass is 318 g/mol. The summed E-state index contributed by atoms with van der Waals surface area (Å²) in [7, 11) is 2.11. The zero-order chi connectivity index (χ0) is 16.1. The van der Waals surface area contributed by atoms with Crippen molar-refractivity contribution in [2.24, 2.45) is 0 Å². The predicted molar refractivity (Wildman–Crippen MR) is 89.5 cm³/mol. The molecule has 2 aliphatic heterocycles. The van der Waals surface area contributed by atoms with Crippen molar-refractivity contribution in [3.63, 3.8) is 0 Å². The Balaban J connectivity index is 1.54. The first-order valence-corrected chi connectivity index (χ1v) is 8.47. The minimum atomic E-state index is 0.0753. The van der Waals surface area contributed by atoms with Crippen LogP contribution in [0.4, 0.5) is 10.6 Å². The van der Waals surface area contributed by atoms with Crippen LogP contribution in [-0.4, -0.2) is 78.2 Å². The largest absolute Gasteiger partial charge is 0.353 e. The number of aromatic nitrogens is 2. The summed E-state index contributed by atoms with van der Waals surface area (Å²) in [6.07, 6.45) is 8.31. The first kappa shape index (κ1) is 16.0. The van der Waals surface area contributed by atoms with Gasteiger partial charge in [0.15, 0.2) is 0 Å². The first-order chi connectivity index (χ1) is 11.2. The predicted octanol–water partition coefficient (Wildman–Crippen LogP) is 0.793. The third-order valence-corrected chi connectivity index (χ3v) is 4.63. The number of hydrogen-bond acceptors (Lipinski definition) is 5. The first-order valence-electron chi connectivity index (χ1n) is 8.47. The fourth-order valence-electron chi connectivity index (χ4n) is 3.27. The maximum Gasteiger partial charge on any atom is 0.317 e. The number of likely N-dealkylation sites (N-methyl/N-ethyl adjacent to an activating group) is 1. The summed E-state index contributed by atoms with van der Waals surface area (Å²) in [5.74, 6) is 0.892. The Morgan fingerprint density at radius 2 is 2.09 bits per heavy atom. The number of carbonyl (C=O) groups excluding carboxylic acids is 1. The molecule has 1 aromatic rings. The molecule has 2 amide bonds. The fourth-order valence-corrected chi connectivity index (χ4v) is 3.27. The molecule has 0 spiro atoms. The molecule has 3 rings (SSSR count). The van der Waals surface area contributed by atoms with Crippen LogP contribution in [0.25, 0.3) is 0 Å². The van der Waals surface area contributed by atoms with Crippen LogP contribution in [0.3, 0.4) is 0 Å². The fraction of sp³-hybridized carbons (Fsp3) is 0.688. The SMILES string of the molecule is CN1CCCN(C(=O)NC2CCCN(c3cnccn3)C2)CC1. The topological polar surface area (TPSA) is 64.6 Å². The third-order valence-electron chi connectivity index (χ3n) is 4.63. The molecule has 2 aliphatic rings. The van der Waals surface area contributed by atoms with E-state index in [9.17, 15) is 4.79 Å². The van der Waals surface area contributed by atoms with Crippen molar-refractivity contribution >= 4 is 11.8 Å². The average Bonchev–Trinajstić information content (AvgIpc) is 2.81. The van der Waals surface area contributed by atoms with E-state index < -0.39 is 0 Å². The Bertz CT molecular complexity index is 511. The van der Waals surface area contributed by atoms with Crippen LogP contribution in [-0.2, 0) is 0 Å². The highest BCUT2D eigenvalue weighted by molar-refractivity contribution is 5.74. The zero-order valence-corrected chi connectivity index (χ0v) is 13.8. The molecule has 2 saturated heterocycles. The van der Waals surface area contributed by atoms with Crippen molar-refractivity contribution in [2.45, 2.75) is 25.3 Å². The Labute approximate surface area is 137 Å². The van der Waals surface area contributed by atoms with E-state index >= 15 is 0 Å². The summed E-state index contributed by atoms with van der Waals surface area (Å²) in [5.41, 5.74) is 0. The average molecular weight is 318 g/mol. The lowest BCUT2D eigenvalue weighted by Gasteiger charge is -2.34. The van der Waals surface area contributed by atoms with E-state index in [1.165, 1.54) is 0 Å². The van der Waals surface area contributed by atoms with Gasteiger partial charge in [-0.05, 0) is 32.9 Å². The Kier molecular flexibility index (Phi) is 5.27. The lowest BCUT2D eigenvalue weighted by atomic mass is 10.1. The lowest BCUT2D eigenvalue weighted by molar-refractivity contribution is 0.193. The number of nitrogens with one attached hydrogen (secondary N) is 1. The molecular weight excluding hydrogens is 292 g/mol. The van der Waals surface area contributed by atoms with Crippen LogP contribution in [0.5, 0.6) is 0 Å². The van der Waals surface area contributed by atoms with Gasteiger partial charge in [-0.1, -0.05) is 0 Å². The van der Waals surface area contributed by atoms with Gasteiger partial charge in [-0.25, -0.2) is 9.78 Å².